The zero-order valence-corrected chi connectivity index (χ0v) is 8.91. The number of benzene rings is 1. The molecule has 0 aliphatic heterocycles. The van der Waals surface area contributed by atoms with Crippen molar-refractivity contribution in [3.63, 3.8) is 0 Å². The fourth-order valence-electron chi connectivity index (χ4n) is 1.37. The Morgan fingerprint density at radius 3 is 2.76 bits per heavy atom. The molecule has 1 heterocycles. The van der Waals surface area contributed by atoms with Crippen LogP contribution in [0.1, 0.15) is 0 Å². The molecular weight excluding hydrogens is 218 g/mol. The molecule has 0 radical (unpaired) electrons. The van der Waals surface area contributed by atoms with Crippen LogP contribution in [0.5, 0.6) is 0 Å². The number of nitrogens with two attached hydrogens (primary N) is 3. The van der Waals surface area contributed by atoms with E-state index < -0.39 is 0 Å². The third kappa shape index (κ3) is 2.46. The lowest BCUT2D eigenvalue weighted by molar-refractivity contribution is 1.22. The molecular formula is C10H11N7. The first-order valence-electron chi connectivity index (χ1n) is 4.79. The Kier molecular flexibility index (Phi) is 2.82. The maximum atomic E-state index is 5.56. The Morgan fingerprint density at radius 2 is 2.00 bits per heavy atom. The van der Waals surface area contributed by atoms with Crippen molar-refractivity contribution in [2.75, 3.05) is 0 Å². The van der Waals surface area contributed by atoms with Gasteiger partial charge in [-0.2, -0.15) is 4.99 Å². The zero-order valence-electron chi connectivity index (χ0n) is 8.91. The van der Waals surface area contributed by atoms with Crippen LogP contribution in [-0.2, 0) is 0 Å². The van der Waals surface area contributed by atoms with Crippen LogP contribution in [0.25, 0.3) is 10.9 Å². The third-order valence-corrected chi connectivity index (χ3v) is 2.01. The van der Waals surface area contributed by atoms with Crippen LogP contribution in [0.4, 0.5) is 5.69 Å². The molecule has 7 nitrogen and oxygen atoms in total. The molecule has 6 N–H and O–H groups in total. The van der Waals surface area contributed by atoms with Gasteiger partial charge in [0.25, 0.3) is 0 Å². The number of aliphatic imine (C=N–C) groups is 2. The van der Waals surface area contributed by atoms with E-state index in [0.717, 1.165) is 10.9 Å². The van der Waals surface area contributed by atoms with E-state index in [1.54, 1.807) is 12.3 Å². The topological polar surface area (TPSA) is 129 Å². The molecule has 0 saturated heterocycles. The van der Waals surface area contributed by atoms with Crippen molar-refractivity contribution < 1.29 is 0 Å². The van der Waals surface area contributed by atoms with Crippen molar-refractivity contribution in [1.82, 2.24) is 9.97 Å². The van der Waals surface area contributed by atoms with Crippen LogP contribution in [-0.4, -0.2) is 21.9 Å². The number of hydrogen-bond acceptors (Lipinski definition) is 3. The Labute approximate surface area is 97.1 Å². The number of rotatable bonds is 1. The molecule has 2 rings (SSSR count). The number of hydrogen-bond donors (Lipinski definition) is 3. The molecule has 17 heavy (non-hydrogen) atoms. The first kappa shape index (κ1) is 10.8. The largest absolute Gasteiger partial charge is 0.370 e. The first-order chi connectivity index (χ1) is 8.16. The van der Waals surface area contributed by atoms with Crippen molar-refractivity contribution >= 4 is 28.5 Å². The van der Waals surface area contributed by atoms with Crippen LogP contribution in [0.3, 0.4) is 0 Å². The Hall–Kier alpha value is -2.70. The fourth-order valence-corrected chi connectivity index (χ4v) is 1.37. The Bertz CT molecular complexity index is 593. The average molecular weight is 229 g/mol. The molecule has 0 aliphatic rings. The van der Waals surface area contributed by atoms with E-state index in [2.05, 4.69) is 20.0 Å². The molecule has 0 bridgehead atoms. The van der Waals surface area contributed by atoms with Crippen LogP contribution in [0.2, 0.25) is 0 Å². The van der Waals surface area contributed by atoms with Crippen LogP contribution < -0.4 is 17.2 Å². The van der Waals surface area contributed by atoms with Crippen molar-refractivity contribution in [2.45, 2.75) is 0 Å². The van der Waals surface area contributed by atoms with Gasteiger partial charge in [-0.15, -0.1) is 0 Å². The van der Waals surface area contributed by atoms with Gasteiger partial charge in [0, 0.05) is 11.6 Å². The number of aromatic nitrogens is 2. The van der Waals surface area contributed by atoms with E-state index in [1.165, 1.54) is 6.33 Å². The summed E-state index contributed by atoms with van der Waals surface area (Å²) in [6, 6.07) is 5.45. The maximum Gasteiger partial charge on any atom is 0.223 e. The minimum atomic E-state index is -0.136. The number of guanidine groups is 2. The van der Waals surface area contributed by atoms with E-state index in [9.17, 15) is 0 Å². The minimum Gasteiger partial charge on any atom is -0.370 e. The summed E-state index contributed by atoms with van der Waals surface area (Å²) in [5, 5.41) is 0.781. The van der Waals surface area contributed by atoms with Gasteiger partial charge in [-0.25, -0.2) is 15.0 Å². The molecule has 1 aromatic carbocycles. The van der Waals surface area contributed by atoms with E-state index in [0.29, 0.717) is 5.69 Å². The van der Waals surface area contributed by atoms with E-state index in [4.69, 9.17) is 17.2 Å². The lowest BCUT2D eigenvalue weighted by Gasteiger charge is -2.00. The highest BCUT2D eigenvalue weighted by atomic mass is 15.1. The third-order valence-electron chi connectivity index (χ3n) is 2.01. The van der Waals surface area contributed by atoms with Gasteiger partial charge in [0.15, 0.2) is 5.96 Å². The maximum absolute atomic E-state index is 5.56. The predicted molar refractivity (Wildman–Crippen MR) is 66.6 cm³/mol. The molecule has 0 spiro atoms. The number of nitrogens with zero attached hydrogens (tertiary/aromatic N) is 4. The molecule has 0 fully saturated rings. The molecule has 0 atom stereocenters. The predicted octanol–water partition coefficient (Wildman–Crippen LogP) is -0.151. The SMILES string of the molecule is NC(N)=NC(N)=Nc1cccc2ncncc12. The van der Waals surface area contributed by atoms with Gasteiger partial charge in [-0.1, -0.05) is 6.07 Å². The van der Waals surface area contributed by atoms with Crippen LogP contribution >= 0.6 is 0 Å². The zero-order chi connectivity index (χ0) is 12.3. The molecule has 7 heteroatoms. The van der Waals surface area contributed by atoms with Gasteiger partial charge < -0.3 is 17.2 Å². The molecule has 1 aromatic heterocycles. The normalized spacial score (nSPS) is 11.4. The van der Waals surface area contributed by atoms with Crippen LogP contribution in [0, 0.1) is 0 Å². The second-order valence-electron chi connectivity index (χ2n) is 3.24. The summed E-state index contributed by atoms with van der Waals surface area (Å²) in [7, 11) is 0. The lowest BCUT2D eigenvalue weighted by atomic mass is 10.2. The van der Waals surface area contributed by atoms with Gasteiger partial charge in [0.05, 0.1) is 11.2 Å². The summed E-state index contributed by atoms with van der Waals surface area (Å²) < 4.78 is 0. The molecule has 2 aromatic rings. The summed E-state index contributed by atoms with van der Waals surface area (Å²) in [5.41, 5.74) is 17.4. The summed E-state index contributed by atoms with van der Waals surface area (Å²) >= 11 is 0. The Morgan fingerprint density at radius 1 is 1.18 bits per heavy atom. The van der Waals surface area contributed by atoms with E-state index >= 15 is 0 Å². The average Bonchev–Trinajstić information content (AvgIpc) is 2.28. The lowest BCUT2D eigenvalue weighted by Crippen LogP contribution is -2.26. The summed E-state index contributed by atoms with van der Waals surface area (Å²) in [4.78, 5) is 15.8. The van der Waals surface area contributed by atoms with Crippen molar-refractivity contribution in [3.8, 4) is 0 Å². The van der Waals surface area contributed by atoms with E-state index in [1.807, 2.05) is 12.1 Å². The minimum absolute atomic E-state index is 0.0126. The van der Waals surface area contributed by atoms with Gasteiger partial charge in [-0.3, -0.25) is 0 Å². The van der Waals surface area contributed by atoms with Gasteiger partial charge >= 0.3 is 0 Å². The molecule has 86 valence electrons. The molecule has 0 amide bonds. The second-order valence-corrected chi connectivity index (χ2v) is 3.24. The Balaban J connectivity index is 2.53. The second kappa shape index (κ2) is 4.44. The fraction of sp³-hybridized carbons (Fsp3) is 0. The van der Waals surface area contributed by atoms with Gasteiger partial charge in [0.2, 0.25) is 5.96 Å². The van der Waals surface area contributed by atoms with Crippen molar-refractivity contribution in [3.05, 3.63) is 30.7 Å². The molecule has 0 unspecified atom stereocenters. The smallest absolute Gasteiger partial charge is 0.223 e. The van der Waals surface area contributed by atoms with Gasteiger partial charge in [-0.05, 0) is 12.1 Å². The summed E-state index contributed by atoms with van der Waals surface area (Å²) in [5.74, 6) is -0.149. The quantitative estimate of drug-likeness (QED) is 0.462. The monoisotopic (exact) mass is 229 g/mol. The summed E-state index contributed by atoms with van der Waals surface area (Å²) in [6.07, 6.45) is 3.12. The van der Waals surface area contributed by atoms with Gasteiger partial charge in [0.1, 0.15) is 6.33 Å². The first-order valence-corrected chi connectivity index (χ1v) is 4.79. The molecule has 0 aliphatic carbocycles. The highest BCUT2D eigenvalue weighted by Crippen LogP contribution is 2.23. The number of fused-ring (bicyclic) bond motifs is 1. The van der Waals surface area contributed by atoms with Crippen LogP contribution in [0.15, 0.2) is 40.7 Å². The highest BCUT2D eigenvalue weighted by molar-refractivity contribution is 5.97. The summed E-state index contributed by atoms with van der Waals surface area (Å²) in [6.45, 7) is 0. The molecule has 0 saturated carbocycles. The standard InChI is InChI=1S/C10H11N7/c11-9(12)17-10(13)16-8-3-1-2-7-6(8)4-14-5-15-7/h1-5H,(H6,11,12,13,16,17). The van der Waals surface area contributed by atoms with E-state index in [-0.39, 0.29) is 11.9 Å². The highest BCUT2D eigenvalue weighted by Gasteiger charge is 2.00. The van der Waals surface area contributed by atoms with Crippen molar-refractivity contribution in [2.24, 2.45) is 27.2 Å². The van der Waals surface area contributed by atoms with Crippen molar-refractivity contribution in [1.29, 1.82) is 0 Å².